The molecule has 5 rings (SSSR count). The summed E-state index contributed by atoms with van der Waals surface area (Å²) in [6.45, 7) is 1.99. The molecule has 0 bridgehead atoms. The Bertz CT molecular complexity index is 1450. The molecule has 3 N–H and O–H groups in total. The van der Waals surface area contributed by atoms with Crippen molar-refractivity contribution < 1.29 is 5.11 Å². The van der Waals surface area contributed by atoms with Gasteiger partial charge in [-0.3, -0.25) is 9.67 Å². The molecule has 1 atom stereocenters. The van der Waals surface area contributed by atoms with Crippen LogP contribution in [0.5, 0.6) is 0 Å². The van der Waals surface area contributed by atoms with E-state index in [9.17, 15) is 5.11 Å². The monoisotopic (exact) mass is 453 g/mol. The van der Waals surface area contributed by atoms with Gasteiger partial charge in [0.05, 0.1) is 41.1 Å². The molecule has 8 nitrogen and oxygen atoms in total. The summed E-state index contributed by atoms with van der Waals surface area (Å²) in [6.07, 6.45) is 5.64. The normalized spacial score (nSPS) is 12.4. The summed E-state index contributed by atoms with van der Waals surface area (Å²) in [5.41, 5.74) is 12.3. The quantitative estimate of drug-likeness (QED) is 0.383. The van der Waals surface area contributed by atoms with Gasteiger partial charge in [0.1, 0.15) is 0 Å². The first-order valence-electron chi connectivity index (χ1n) is 11.4. The number of aliphatic hydroxyl groups is 1. The van der Waals surface area contributed by atoms with E-state index >= 15 is 0 Å². The maximum Gasteiger partial charge on any atom is 0.154 e. The van der Waals surface area contributed by atoms with Gasteiger partial charge < -0.3 is 10.8 Å². The van der Waals surface area contributed by atoms with Crippen LogP contribution in [0.25, 0.3) is 39.2 Å². The number of nitrogens with zero attached hydrogens (tertiary/aromatic N) is 6. The molecule has 4 aromatic heterocycles. The molecule has 0 saturated heterocycles. The minimum absolute atomic E-state index is 0.0973. The molecule has 0 radical (unpaired) electrons. The predicted molar refractivity (Wildman–Crippen MR) is 132 cm³/mol. The molecular weight excluding hydrogens is 426 g/mol. The number of rotatable bonds is 7. The van der Waals surface area contributed by atoms with Crippen molar-refractivity contribution >= 4 is 10.9 Å². The molecule has 0 saturated carbocycles. The van der Waals surface area contributed by atoms with Crippen LogP contribution in [0.4, 0.5) is 0 Å². The fourth-order valence-corrected chi connectivity index (χ4v) is 4.18. The van der Waals surface area contributed by atoms with Gasteiger partial charge in [-0.1, -0.05) is 25.5 Å². The van der Waals surface area contributed by atoms with E-state index in [1.54, 1.807) is 15.4 Å². The van der Waals surface area contributed by atoms with Crippen molar-refractivity contribution in [2.75, 3.05) is 0 Å². The fraction of sp³-hybridized carbons (Fsp3) is 0.231. The van der Waals surface area contributed by atoms with Crippen LogP contribution in [0.3, 0.4) is 0 Å². The lowest BCUT2D eigenvalue weighted by atomic mass is 10.0. The predicted octanol–water partition coefficient (Wildman–Crippen LogP) is 4.18. The minimum atomic E-state index is -0.133. The molecule has 0 spiro atoms. The largest absolute Gasteiger partial charge is 0.390 e. The SMILES string of the molecule is CCCC(N)c1cccc(-c2cc(-c3ccn(C)n3)c3cnn(-c4cccc(CO)n4)c3c2)n1. The summed E-state index contributed by atoms with van der Waals surface area (Å²) in [6, 6.07) is 17.6. The molecule has 0 aliphatic heterocycles. The Hall–Kier alpha value is -3.88. The van der Waals surface area contributed by atoms with Crippen molar-refractivity contribution in [3.05, 3.63) is 78.4 Å². The maximum absolute atomic E-state index is 9.55. The third-order valence-corrected chi connectivity index (χ3v) is 5.90. The molecule has 0 fully saturated rings. The summed E-state index contributed by atoms with van der Waals surface area (Å²) >= 11 is 0. The highest BCUT2D eigenvalue weighted by atomic mass is 16.3. The summed E-state index contributed by atoms with van der Waals surface area (Å²) in [5, 5.41) is 19.8. The first-order valence-corrected chi connectivity index (χ1v) is 11.4. The number of nitrogens with two attached hydrogens (primary N) is 1. The van der Waals surface area contributed by atoms with Crippen molar-refractivity contribution in [2.45, 2.75) is 32.4 Å². The van der Waals surface area contributed by atoms with E-state index in [1.165, 1.54) is 0 Å². The highest BCUT2D eigenvalue weighted by molar-refractivity contribution is 5.97. The molecule has 0 aliphatic rings. The lowest BCUT2D eigenvalue weighted by Gasteiger charge is -2.12. The zero-order valence-corrected chi connectivity index (χ0v) is 19.3. The Morgan fingerprint density at radius 3 is 2.65 bits per heavy atom. The van der Waals surface area contributed by atoms with Crippen molar-refractivity contribution in [3.8, 4) is 28.3 Å². The molecule has 5 aromatic rings. The van der Waals surface area contributed by atoms with E-state index in [0.29, 0.717) is 11.5 Å². The summed E-state index contributed by atoms with van der Waals surface area (Å²) in [4.78, 5) is 9.44. The van der Waals surface area contributed by atoms with Crippen LogP contribution >= 0.6 is 0 Å². The lowest BCUT2D eigenvalue weighted by molar-refractivity contribution is 0.276. The van der Waals surface area contributed by atoms with Crippen molar-refractivity contribution in [3.63, 3.8) is 0 Å². The number of hydrogen-bond acceptors (Lipinski definition) is 6. The second kappa shape index (κ2) is 9.17. The van der Waals surface area contributed by atoms with E-state index in [2.05, 4.69) is 34.2 Å². The van der Waals surface area contributed by atoms with Crippen LogP contribution in [-0.2, 0) is 13.7 Å². The Labute approximate surface area is 197 Å². The topological polar surface area (TPSA) is 108 Å². The minimum Gasteiger partial charge on any atom is -0.390 e. The Kier molecular flexibility index (Phi) is 5.91. The number of fused-ring (bicyclic) bond motifs is 1. The number of benzene rings is 1. The smallest absolute Gasteiger partial charge is 0.154 e. The summed E-state index contributed by atoms with van der Waals surface area (Å²) in [7, 11) is 1.90. The molecule has 34 heavy (non-hydrogen) atoms. The number of aliphatic hydroxyl groups excluding tert-OH is 1. The average Bonchev–Trinajstić information content (AvgIpc) is 3.50. The van der Waals surface area contributed by atoms with Crippen LogP contribution < -0.4 is 5.73 Å². The number of aromatic nitrogens is 6. The van der Waals surface area contributed by atoms with E-state index < -0.39 is 0 Å². The van der Waals surface area contributed by atoms with Gasteiger partial charge in [0.15, 0.2) is 5.82 Å². The summed E-state index contributed by atoms with van der Waals surface area (Å²) in [5.74, 6) is 0.636. The van der Waals surface area contributed by atoms with E-state index in [4.69, 9.17) is 10.7 Å². The first-order chi connectivity index (χ1) is 16.6. The van der Waals surface area contributed by atoms with Crippen LogP contribution in [0, 0.1) is 0 Å². The molecule has 0 aliphatic carbocycles. The van der Waals surface area contributed by atoms with E-state index in [0.717, 1.165) is 52.0 Å². The van der Waals surface area contributed by atoms with Gasteiger partial charge in [-0.2, -0.15) is 10.2 Å². The highest BCUT2D eigenvalue weighted by Gasteiger charge is 2.17. The fourth-order valence-electron chi connectivity index (χ4n) is 4.18. The second-order valence-electron chi connectivity index (χ2n) is 8.38. The van der Waals surface area contributed by atoms with Crippen LogP contribution in [0.15, 0.2) is 67.0 Å². The zero-order chi connectivity index (χ0) is 23.7. The van der Waals surface area contributed by atoms with Crippen LogP contribution in [0.1, 0.15) is 37.2 Å². The van der Waals surface area contributed by atoms with Gasteiger partial charge in [-0.05, 0) is 48.9 Å². The van der Waals surface area contributed by atoms with Crippen molar-refractivity contribution in [2.24, 2.45) is 12.8 Å². The number of aryl methyl sites for hydroxylation is 1. The van der Waals surface area contributed by atoms with E-state index in [-0.39, 0.29) is 12.6 Å². The second-order valence-corrected chi connectivity index (χ2v) is 8.38. The van der Waals surface area contributed by atoms with Gasteiger partial charge in [0, 0.05) is 35.8 Å². The number of pyridine rings is 2. The van der Waals surface area contributed by atoms with Gasteiger partial charge in [-0.15, -0.1) is 0 Å². The van der Waals surface area contributed by atoms with Gasteiger partial charge in [-0.25, -0.2) is 9.67 Å². The third-order valence-electron chi connectivity index (χ3n) is 5.90. The first kappa shape index (κ1) is 21.9. The number of hydrogen-bond donors (Lipinski definition) is 2. The molecular formula is C26H27N7O. The molecule has 1 unspecified atom stereocenters. The van der Waals surface area contributed by atoms with Crippen molar-refractivity contribution in [1.82, 2.24) is 29.5 Å². The lowest BCUT2D eigenvalue weighted by Crippen LogP contribution is -2.11. The van der Waals surface area contributed by atoms with E-state index in [1.807, 2.05) is 55.8 Å². The molecule has 4 heterocycles. The van der Waals surface area contributed by atoms with Gasteiger partial charge in [0.25, 0.3) is 0 Å². The Morgan fingerprint density at radius 2 is 1.88 bits per heavy atom. The molecule has 1 aromatic carbocycles. The molecule has 172 valence electrons. The van der Waals surface area contributed by atoms with Gasteiger partial charge in [0.2, 0.25) is 0 Å². The summed E-state index contributed by atoms with van der Waals surface area (Å²) < 4.78 is 3.57. The Balaban J connectivity index is 1.72. The van der Waals surface area contributed by atoms with Gasteiger partial charge >= 0.3 is 0 Å². The highest BCUT2D eigenvalue weighted by Crippen LogP contribution is 2.34. The van der Waals surface area contributed by atoms with Crippen LogP contribution in [0.2, 0.25) is 0 Å². The van der Waals surface area contributed by atoms with Crippen LogP contribution in [-0.4, -0.2) is 34.6 Å². The third kappa shape index (κ3) is 4.09. The standard InChI is InChI=1S/C26H27N7O/c1-3-6-21(27)24-9-5-8-22(30-24)17-13-19(23-11-12-32(2)31-23)20-15-28-33(25(20)14-17)26-10-4-7-18(16-34)29-26/h4-5,7-15,21,34H,3,6,16,27H2,1-2H3. The maximum atomic E-state index is 9.55. The van der Waals surface area contributed by atoms with Crippen molar-refractivity contribution in [1.29, 1.82) is 0 Å². The molecule has 8 heteroatoms. The zero-order valence-electron chi connectivity index (χ0n) is 19.3. The average molecular weight is 454 g/mol. The molecule has 0 amide bonds. The Morgan fingerprint density at radius 1 is 1.03 bits per heavy atom.